The molecule has 0 N–H and O–H groups in total. The number of hydrogen-bond acceptors (Lipinski definition) is 3. The van der Waals surface area contributed by atoms with E-state index in [-0.39, 0.29) is 11.8 Å². The van der Waals surface area contributed by atoms with Crippen molar-refractivity contribution in [2.24, 2.45) is 0 Å². The van der Waals surface area contributed by atoms with Crippen molar-refractivity contribution in [2.45, 2.75) is 27.2 Å². The second-order valence-corrected chi connectivity index (χ2v) is 7.27. The summed E-state index contributed by atoms with van der Waals surface area (Å²) in [7, 11) is 0. The Hall–Kier alpha value is -1.85. The van der Waals surface area contributed by atoms with Crippen molar-refractivity contribution in [1.82, 2.24) is 14.7 Å². The molecule has 0 spiro atoms. The Bertz CT molecular complexity index is 661. The van der Waals surface area contributed by atoms with Gasteiger partial charge in [0, 0.05) is 49.7 Å². The van der Waals surface area contributed by atoms with Crippen LogP contribution in [-0.2, 0) is 9.59 Å². The molecule has 0 aromatic heterocycles. The van der Waals surface area contributed by atoms with Crippen LogP contribution in [0, 0.1) is 0 Å². The number of nitrogens with zero attached hydrogens (tertiary/aromatic N) is 3. The van der Waals surface area contributed by atoms with Gasteiger partial charge in [0.05, 0.1) is 0 Å². The fourth-order valence-corrected chi connectivity index (χ4v) is 3.36. The predicted molar refractivity (Wildman–Crippen MR) is 111 cm³/mol. The third kappa shape index (κ3) is 6.36. The van der Waals surface area contributed by atoms with Gasteiger partial charge in [-0.25, -0.2) is 0 Å². The lowest BCUT2D eigenvalue weighted by Gasteiger charge is -2.35. The summed E-state index contributed by atoms with van der Waals surface area (Å²) in [5.74, 6) is 0.211. The zero-order chi connectivity index (χ0) is 19.8. The second-order valence-electron chi connectivity index (χ2n) is 6.83. The molecule has 2 amide bonds. The van der Waals surface area contributed by atoms with E-state index >= 15 is 0 Å². The molecule has 1 aromatic carbocycles. The van der Waals surface area contributed by atoms with Crippen molar-refractivity contribution in [1.29, 1.82) is 0 Å². The summed E-state index contributed by atoms with van der Waals surface area (Å²) in [6, 6.07) is 7.42. The van der Waals surface area contributed by atoms with Gasteiger partial charge in [0.1, 0.15) is 0 Å². The van der Waals surface area contributed by atoms with Crippen molar-refractivity contribution in [3.05, 3.63) is 40.4 Å². The van der Waals surface area contributed by atoms with Gasteiger partial charge in [0.25, 0.3) is 0 Å². The summed E-state index contributed by atoms with van der Waals surface area (Å²) in [4.78, 5) is 31.0. The molecule has 27 heavy (non-hydrogen) atoms. The molecule has 148 valence electrons. The van der Waals surface area contributed by atoms with E-state index < -0.39 is 0 Å². The van der Waals surface area contributed by atoms with Crippen molar-refractivity contribution < 1.29 is 9.59 Å². The number of carbonyl (C=O) groups excluding carboxylic acids is 2. The maximum atomic E-state index is 12.7. The highest BCUT2D eigenvalue weighted by molar-refractivity contribution is 6.30. The fourth-order valence-electron chi connectivity index (χ4n) is 3.23. The Morgan fingerprint density at radius 1 is 1.04 bits per heavy atom. The van der Waals surface area contributed by atoms with E-state index in [0.29, 0.717) is 43.2 Å². The molecule has 1 aliphatic rings. The summed E-state index contributed by atoms with van der Waals surface area (Å²) >= 11 is 5.90. The van der Waals surface area contributed by atoms with Gasteiger partial charge in [-0.1, -0.05) is 37.6 Å². The topological polar surface area (TPSA) is 43.9 Å². The number of hydrogen-bond donors (Lipinski definition) is 0. The number of carbonyl (C=O) groups is 2. The molecule has 5 nitrogen and oxygen atoms in total. The molecule has 0 aliphatic carbocycles. The molecule has 0 unspecified atom stereocenters. The zero-order valence-electron chi connectivity index (χ0n) is 16.6. The molecule has 0 atom stereocenters. The second kappa shape index (κ2) is 10.5. The van der Waals surface area contributed by atoms with E-state index in [0.717, 1.165) is 25.2 Å². The van der Waals surface area contributed by atoms with Crippen LogP contribution < -0.4 is 0 Å². The first kappa shape index (κ1) is 21.5. The molecule has 2 rings (SSSR count). The third-order valence-corrected chi connectivity index (χ3v) is 5.30. The van der Waals surface area contributed by atoms with Crippen LogP contribution in [0.1, 0.15) is 32.8 Å². The minimum absolute atomic E-state index is 0.0280. The van der Waals surface area contributed by atoms with Crippen LogP contribution in [0.3, 0.4) is 0 Å². The van der Waals surface area contributed by atoms with E-state index in [9.17, 15) is 9.59 Å². The van der Waals surface area contributed by atoms with E-state index in [2.05, 4.69) is 18.7 Å². The molecule has 1 heterocycles. The lowest BCUT2D eigenvalue weighted by molar-refractivity contribution is -0.137. The molecule has 6 heteroatoms. The van der Waals surface area contributed by atoms with Crippen molar-refractivity contribution in [3.8, 4) is 0 Å². The van der Waals surface area contributed by atoms with Gasteiger partial charge in [-0.3, -0.25) is 9.59 Å². The largest absolute Gasteiger partial charge is 0.339 e. The van der Waals surface area contributed by atoms with Crippen molar-refractivity contribution in [3.63, 3.8) is 0 Å². The lowest BCUT2D eigenvalue weighted by atomic mass is 10.1. The van der Waals surface area contributed by atoms with Crippen LogP contribution in [0.15, 0.2) is 29.8 Å². The maximum absolute atomic E-state index is 12.7. The van der Waals surface area contributed by atoms with Crippen LogP contribution in [0.25, 0.3) is 6.08 Å². The highest BCUT2D eigenvalue weighted by Gasteiger charge is 2.24. The zero-order valence-corrected chi connectivity index (χ0v) is 17.3. The minimum Gasteiger partial charge on any atom is -0.339 e. The highest BCUT2D eigenvalue weighted by atomic mass is 35.5. The maximum Gasteiger partial charge on any atom is 0.249 e. The van der Waals surface area contributed by atoms with Crippen LogP contribution in [0.2, 0.25) is 5.02 Å². The van der Waals surface area contributed by atoms with Gasteiger partial charge in [-0.05, 0) is 43.8 Å². The van der Waals surface area contributed by atoms with Gasteiger partial charge in [-0.15, -0.1) is 0 Å². The Balaban J connectivity index is 1.84. The molecule has 0 bridgehead atoms. The monoisotopic (exact) mass is 391 g/mol. The Labute approximate surface area is 167 Å². The predicted octanol–water partition coefficient (Wildman–Crippen LogP) is 3.15. The van der Waals surface area contributed by atoms with Crippen LogP contribution in [0.4, 0.5) is 0 Å². The minimum atomic E-state index is 0.0280. The van der Waals surface area contributed by atoms with Gasteiger partial charge in [0.2, 0.25) is 11.8 Å². The number of piperazine rings is 1. The van der Waals surface area contributed by atoms with E-state index in [1.807, 2.05) is 47.1 Å². The first-order valence-electron chi connectivity index (χ1n) is 9.67. The molecular formula is C21H30ClN3O2. The van der Waals surface area contributed by atoms with E-state index in [1.54, 1.807) is 0 Å². The number of amides is 2. The summed E-state index contributed by atoms with van der Waals surface area (Å²) in [5.41, 5.74) is 1.65. The summed E-state index contributed by atoms with van der Waals surface area (Å²) < 4.78 is 0. The van der Waals surface area contributed by atoms with Crippen LogP contribution in [0.5, 0.6) is 0 Å². The summed E-state index contributed by atoms with van der Waals surface area (Å²) in [6.45, 7) is 11.2. The Morgan fingerprint density at radius 3 is 2.15 bits per heavy atom. The number of benzene rings is 1. The summed E-state index contributed by atoms with van der Waals surface area (Å²) in [5, 5.41) is 0.679. The van der Waals surface area contributed by atoms with E-state index in [4.69, 9.17) is 11.6 Å². The SMILES string of the molecule is CCN(CC)CCC(=O)N1CCN(C(=O)/C(C)=C/c2ccc(Cl)cc2)CC1. The first-order valence-corrected chi connectivity index (χ1v) is 10.1. The third-order valence-electron chi connectivity index (χ3n) is 5.05. The average molecular weight is 392 g/mol. The standard InChI is InChI=1S/C21H30ClN3O2/c1-4-23(5-2)11-10-20(26)24-12-14-25(15-13-24)21(27)17(3)16-18-6-8-19(22)9-7-18/h6-9,16H,4-5,10-15H2,1-3H3/b17-16+. The molecule has 1 saturated heterocycles. The van der Waals surface area contributed by atoms with Gasteiger partial charge >= 0.3 is 0 Å². The fraction of sp³-hybridized carbons (Fsp3) is 0.524. The smallest absolute Gasteiger partial charge is 0.249 e. The average Bonchev–Trinajstić information content (AvgIpc) is 2.69. The van der Waals surface area contributed by atoms with Crippen LogP contribution >= 0.6 is 11.6 Å². The number of rotatable bonds is 7. The Kier molecular flexibility index (Phi) is 8.32. The highest BCUT2D eigenvalue weighted by Crippen LogP contribution is 2.15. The van der Waals surface area contributed by atoms with Crippen LogP contribution in [-0.4, -0.2) is 72.3 Å². The van der Waals surface area contributed by atoms with Crippen molar-refractivity contribution >= 4 is 29.5 Å². The molecule has 1 aliphatic heterocycles. The van der Waals surface area contributed by atoms with Crippen molar-refractivity contribution in [2.75, 3.05) is 45.8 Å². The molecule has 0 saturated carbocycles. The molecule has 0 radical (unpaired) electrons. The first-order chi connectivity index (χ1) is 12.9. The van der Waals surface area contributed by atoms with Gasteiger partial charge in [0.15, 0.2) is 0 Å². The molecule has 1 aromatic rings. The molecule has 1 fully saturated rings. The Morgan fingerprint density at radius 2 is 1.59 bits per heavy atom. The number of halogens is 1. The van der Waals surface area contributed by atoms with Gasteiger partial charge in [-0.2, -0.15) is 0 Å². The quantitative estimate of drug-likeness (QED) is 0.670. The molecular weight excluding hydrogens is 362 g/mol. The lowest BCUT2D eigenvalue weighted by Crippen LogP contribution is -2.51. The summed E-state index contributed by atoms with van der Waals surface area (Å²) in [6.07, 6.45) is 2.42. The normalized spacial score (nSPS) is 15.4. The van der Waals surface area contributed by atoms with E-state index in [1.165, 1.54) is 0 Å². The van der Waals surface area contributed by atoms with Gasteiger partial charge < -0.3 is 14.7 Å².